The fraction of sp³-hybridized carbons (Fsp3) is 0.417. The van der Waals surface area contributed by atoms with Crippen LogP contribution in [0.3, 0.4) is 0 Å². The van der Waals surface area contributed by atoms with Gasteiger partial charge in [-0.25, -0.2) is 4.98 Å². The average Bonchev–Trinajstić information content (AvgIpc) is 2.55. The van der Waals surface area contributed by atoms with Gasteiger partial charge in [0.15, 0.2) is 17.1 Å². The van der Waals surface area contributed by atoms with Gasteiger partial charge in [-0.3, -0.25) is 4.79 Å². The first kappa shape index (κ1) is 11.6. The highest BCUT2D eigenvalue weighted by Crippen LogP contribution is 2.26. The molecule has 2 aromatic rings. The van der Waals surface area contributed by atoms with Gasteiger partial charge in [-0.05, 0) is 17.5 Å². The molecule has 0 aliphatic rings. The fourth-order valence-corrected chi connectivity index (χ4v) is 1.77. The highest BCUT2D eigenvalue weighted by molar-refractivity contribution is 5.68. The Morgan fingerprint density at radius 3 is 2.94 bits per heavy atom. The molecule has 5 nitrogen and oxygen atoms in total. The minimum Gasteiger partial charge on any atom is -0.481 e. The zero-order valence-electron chi connectivity index (χ0n) is 9.80. The summed E-state index contributed by atoms with van der Waals surface area (Å²) < 4.78 is 5.52. The van der Waals surface area contributed by atoms with Crippen LogP contribution in [0.25, 0.3) is 11.2 Å². The summed E-state index contributed by atoms with van der Waals surface area (Å²) in [6.45, 7) is 3.76. The second kappa shape index (κ2) is 4.16. The predicted molar refractivity (Wildman–Crippen MR) is 61.5 cm³/mol. The van der Waals surface area contributed by atoms with Crippen LogP contribution in [0.2, 0.25) is 0 Å². The van der Waals surface area contributed by atoms with Crippen LogP contribution in [0.4, 0.5) is 0 Å². The van der Waals surface area contributed by atoms with E-state index in [0.717, 1.165) is 0 Å². The Morgan fingerprint density at radius 1 is 1.53 bits per heavy atom. The quantitative estimate of drug-likeness (QED) is 0.878. The summed E-state index contributed by atoms with van der Waals surface area (Å²) in [5.41, 5.74) is 0.814. The van der Waals surface area contributed by atoms with E-state index in [2.05, 4.69) is 9.97 Å². The summed E-state index contributed by atoms with van der Waals surface area (Å²) in [7, 11) is 0. The van der Waals surface area contributed by atoms with E-state index in [1.165, 1.54) is 0 Å². The number of carboxylic acid groups (broad SMARTS) is 1. The van der Waals surface area contributed by atoms with E-state index in [0.29, 0.717) is 23.5 Å². The molecule has 1 N–H and O–H groups in total. The van der Waals surface area contributed by atoms with Crippen LogP contribution < -0.4 is 0 Å². The highest BCUT2D eigenvalue weighted by Gasteiger charge is 2.25. The van der Waals surface area contributed by atoms with Gasteiger partial charge < -0.3 is 9.52 Å². The molecule has 0 aromatic carbocycles. The van der Waals surface area contributed by atoms with E-state index < -0.39 is 5.97 Å². The Balaban J connectivity index is 2.20. The Labute approximate surface area is 98.5 Å². The number of hydrogen-bond donors (Lipinski definition) is 1. The summed E-state index contributed by atoms with van der Waals surface area (Å²) in [6.07, 6.45) is 2.21. The molecule has 0 atom stereocenters. The first-order chi connectivity index (χ1) is 7.96. The molecule has 5 heteroatoms. The number of carboxylic acids is 1. The average molecular weight is 234 g/mol. The number of carbonyl (C=O) groups is 1. The van der Waals surface area contributed by atoms with Gasteiger partial charge in [0.2, 0.25) is 0 Å². The maximum absolute atomic E-state index is 10.7. The Hall–Kier alpha value is -1.91. The lowest BCUT2D eigenvalue weighted by Crippen LogP contribution is -2.19. The van der Waals surface area contributed by atoms with Gasteiger partial charge in [0, 0.05) is 12.6 Å². The van der Waals surface area contributed by atoms with Crippen LogP contribution in [0.5, 0.6) is 0 Å². The smallest absolute Gasteiger partial charge is 0.303 e. The third-order valence-electron chi connectivity index (χ3n) is 2.47. The fourth-order valence-electron chi connectivity index (χ4n) is 1.77. The van der Waals surface area contributed by atoms with Crippen LogP contribution in [0.15, 0.2) is 22.7 Å². The van der Waals surface area contributed by atoms with Crippen LogP contribution in [-0.4, -0.2) is 21.0 Å². The summed E-state index contributed by atoms with van der Waals surface area (Å²) >= 11 is 0. The number of oxazole rings is 1. The molecule has 0 aliphatic carbocycles. The number of aromatic nitrogens is 2. The number of hydrogen-bond acceptors (Lipinski definition) is 4. The van der Waals surface area contributed by atoms with Crippen LogP contribution in [-0.2, 0) is 11.2 Å². The van der Waals surface area contributed by atoms with E-state index in [1.54, 1.807) is 18.3 Å². The van der Waals surface area contributed by atoms with Gasteiger partial charge in [0.1, 0.15) is 0 Å². The summed E-state index contributed by atoms with van der Waals surface area (Å²) in [5.74, 6) is -0.283. The van der Waals surface area contributed by atoms with E-state index in [1.807, 2.05) is 13.8 Å². The van der Waals surface area contributed by atoms with Crippen LogP contribution >= 0.6 is 0 Å². The molecular weight excluding hydrogens is 220 g/mol. The Bertz CT molecular complexity index is 512. The number of nitrogens with zero attached hydrogens (tertiary/aromatic N) is 2. The molecule has 2 heterocycles. The Kier molecular flexibility index (Phi) is 2.83. The Morgan fingerprint density at radius 2 is 2.29 bits per heavy atom. The second-order valence-corrected chi connectivity index (χ2v) is 4.84. The van der Waals surface area contributed by atoms with Crippen molar-refractivity contribution >= 4 is 17.2 Å². The molecule has 2 aromatic heterocycles. The molecule has 90 valence electrons. The van der Waals surface area contributed by atoms with Gasteiger partial charge in [0.05, 0.1) is 6.42 Å². The van der Waals surface area contributed by atoms with E-state index >= 15 is 0 Å². The molecule has 0 spiro atoms. The van der Waals surface area contributed by atoms with E-state index in [-0.39, 0.29) is 11.8 Å². The molecule has 0 saturated heterocycles. The van der Waals surface area contributed by atoms with Gasteiger partial charge in [-0.1, -0.05) is 13.8 Å². The lowest BCUT2D eigenvalue weighted by molar-refractivity contribution is -0.139. The maximum Gasteiger partial charge on any atom is 0.303 e. The predicted octanol–water partition coefficient (Wildman–Crippen LogP) is 2.27. The summed E-state index contributed by atoms with van der Waals surface area (Å²) in [5, 5.41) is 8.80. The molecule has 0 fully saturated rings. The first-order valence-electron chi connectivity index (χ1n) is 5.38. The van der Waals surface area contributed by atoms with Gasteiger partial charge in [0.25, 0.3) is 0 Å². The molecule has 17 heavy (non-hydrogen) atoms. The largest absolute Gasteiger partial charge is 0.481 e. The van der Waals surface area contributed by atoms with Crippen LogP contribution in [0, 0.1) is 5.41 Å². The normalized spacial score (nSPS) is 11.9. The number of aliphatic carboxylic acids is 1. The van der Waals surface area contributed by atoms with Crippen molar-refractivity contribution in [2.24, 2.45) is 5.41 Å². The highest BCUT2D eigenvalue weighted by atomic mass is 16.4. The van der Waals surface area contributed by atoms with Crippen LogP contribution in [0.1, 0.15) is 26.2 Å². The maximum atomic E-state index is 10.7. The van der Waals surface area contributed by atoms with Gasteiger partial charge in [-0.2, -0.15) is 4.98 Å². The standard InChI is InChI=1S/C12H14N2O3/c1-12(2,7-10(15)16)6-9-14-11-8(17-9)4-3-5-13-11/h3-5H,6-7H2,1-2H3,(H,15,16). The van der Waals surface area contributed by atoms with Gasteiger partial charge in [-0.15, -0.1) is 0 Å². The lowest BCUT2D eigenvalue weighted by Gasteiger charge is -2.19. The third kappa shape index (κ3) is 2.81. The molecule has 0 aliphatic heterocycles. The molecule has 0 saturated carbocycles. The van der Waals surface area contributed by atoms with Crippen molar-refractivity contribution in [2.45, 2.75) is 26.7 Å². The zero-order valence-corrected chi connectivity index (χ0v) is 9.80. The molecule has 0 amide bonds. The molecule has 0 bridgehead atoms. The number of rotatable bonds is 4. The monoisotopic (exact) mass is 234 g/mol. The number of pyridine rings is 1. The minimum absolute atomic E-state index is 0.0825. The first-order valence-corrected chi connectivity index (χ1v) is 5.38. The van der Waals surface area contributed by atoms with Crippen molar-refractivity contribution in [3.05, 3.63) is 24.2 Å². The molecule has 2 rings (SSSR count). The molecule has 0 unspecified atom stereocenters. The van der Waals surface area contributed by atoms with Crippen molar-refractivity contribution in [3.8, 4) is 0 Å². The number of fused-ring (bicyclic) bond motifs is 1. The SMILES string of the molecule is CC(C)(CC(=O)O)Cc1nc2ncccc2o1. The van der Waals surface area contributed by atoms with Crippen molar-refractivity contribution in [3.63, 3.8) is 0 Å². The van der Waals surface area contributed by atoms with Crippen molar-refractivity contribution in [1.29, 1.82) is 0 Å². The molecular formula is C12H14N2O3. The van der Waals surface area contributed by atoms with Crippen molar-refractivity contribution in [2.75, 3.05) is 0 Å². The molecule has 0 radical (unpaired) electrons. The van der Waals surface area contributed by atoms with E-state index in [4.69, 9.17) is 9.52 Å². The van der Waals surface area contributed by atoms with Crippen molar-refractivity contribution < 1.29 is 14.3 Å². The zero-order chi connectivity index (χ0) is 12.5. The second-order valence-electron chi connectivity index (χ2n) is 4.84. The van der Waals surface area contributed by atoms with Crippen molar-refractivity contribution in [1.82, 2.24) is 9.97 Å². The lowest BCUT2D eigenvalue weighted by atomic mass is 9.86. The third-order valence-corrected chi connectivity index (χ3v) is 2.47. The van der Waals surface area contributed by atoms with Gasteiger partial charge >= 0.3 is 5.97 Å². The summed E-state index contributed by atoms with van der Waals surface area (Å²) in [6, 6.07) is 3.57. The summed E-state index contributed by atoms with van der Waals surface area (Å²) in [4.78, 5) is 19.0. The van der Waals surface area contributed by atoms with E-state index in [9.17, 15) is 4.79 Å². The topological polar surface area (TPSA) is 76.2 Å². The minimum atomic E-state index is -0.816.